The van der Waals surface area contributed by atoms with Crippen LogP contribution in [-0.4, -0.2) is 35.0 Å². The molecule has 0 aliphatic rings. The lowest BCUT2D eigenvalue weighted by atomic mass is 10.1. The fourth-order valence-corrected chi connectivity index (χ4v) is 2.79. The standard InChI is InChI=1S/C23H24N4O3/c1-30-20-10-8-19(9-11-20)22(28)26-21(16-18-6-3-2-4-7-18)23(29)25-12-5-14-27-15-13-24-17-27/h2-4,6-11,13,15-17H,5,12,14H2,1H3,(H,25,29)(H,26,28). The molecule has 0 radical (unpaired) electrons. The van der Waals surface area contributed by atoms with Gasteiger partial charge in [0.1, 0.15) is 11.4 Å². The number of nitrogens with one attached hydrogen (secondary N) is 2. The molecule has 0 unspecified atom stereocenters. The van der Waals surface area contributed by atoms with Gasteiger partial charge in [0.2, 0.25) is 0 Å². The van der Waals surface area contributed by atoms with Crippen LogP contribution in [0.25, 0.3) is 6.08 Å². The number of ether oxygens (including phenoxy) is 1. The molecule has 30 heavy (non-hydrogen) atoms. The molecule has 2 amide bonds. The van der Waals surface area contributed by atoms with E-state index in [2.05, 4.69) is 15.6 Å². The summed E-state index contributed by atoms with van der Waals surface area (Å²) >= 11 is 0. The van der Waals surface area contributed by atoms with Crippen LogP contribution in [0.1, 0.15) is 22.3 Å². The Labute approximate surface area is 175 Å². The lowest BCUT2D eigenvalue weighted by Gasteiger charge is -2.12. The van der Waals surface area contributed by atoms with Crippen LogP contribution in [0.2, 0.25) is 0 Å². The van der Waals surface area contributed by atoms with E-state index in [0.717, 1.165) is 18.5 Å². The second kappa shape index (κ2) is 10.6. The van der Waals surface area contributed by atoms with Crippen molar-refractivity contribution < 1.29 is 14.3 Å². The second-order valence-corrected chi connectivity index (χ2v) is 6.56. The van der Waals surface area contributed by atoms with Crippen LogP contribution in [-0.2, 0) is 11.3 Å². The second-order valence-electron chi connectivity index (χ2n) is 6.56. The van der Waals surface area contributed by atoms with Gasteiger partial charge in [-0.25, -0.2) is 4.98 Å². The van der Waals surface area contributed by atoms with Gasteiger partial charge in [0.05, 0.1) is 13.4 Å². The molecule has 2 aromatic carbocycles. The Kier molecular flexibility index (Phi) is 7.38. The number of aromatic nitrogens is 2. The largest absolute Gasteiger partial charge is 0.497 e. The number of carbonyl (C=O) groups excluding carboxylic acids is 2. The van der Waals surface area contributed by atoms with Gasteiger partial charge in [-0.15, -0.1) is 0 Å². The van der Waals surface area contributed by atoms with Crippen LogP contribution in [0.5, 0.6) is 5.75 Å². The molecule has 0 saturated carbocycles. The lowest BCUT2D eigenvalue weighted by Crippen LogP contribution is -2.35. The Hall–Kier alpha value is -3.87. The average molecular weight is 404 g/mol. The van der Waals surface area contributed by atoms with Crippen LogP contribution in [0.15, 0.2) is 79.0 Å². The molecular formula is C23H24N4O3. The molecule has 2 N–H and O–H groups in total. The summed E-state index contributed by atoms with van der Waals surface area (Å²) in [4.78, 5) is 29.4. The van der Waals surface area contributed by atoms with E-state index in [9.17, 15) is 9.59 Å². The van der Waals surface area contributed by atoms with Crippen LogP contribution < -0.4 is 15.4 Å². The maximum absolute atomic E-state index is 12.7. The molecule has 0 bridgehead atoms. The number of rotatable bonds is 9. The van der Waals surface area contributed by atoms with Crippen LogP contribution in [0.4, 0.5) is 0 Å². The van der Waals surface area contributed by atoms with Crippen molar-refractivity contribution in [2.45, 2.75) is 13.0 Å². The molecule has 0 aliphatic carbocycles. The number of methoxy groups -OCH3 is 1. The van der Waals surface area contributed by atoms with Crippen molar-refractivity contribution in [1.82, 2.24) is 20.2 Å². The number of imidazole rings is 1. The van der Waals surface area contributed by atoms with Crippen LogP contribution in [0.3, 0.4) is 0 Å². The maximum Gasteiger partial charge on any atom is 0.267 e. The topological polar surface area (TPSA) is 85.2 Å². The Morgan fingerprint density at radius 3 is 2.53 bits per heavy atom. The molecule has 0 spiro atoms. The highest BCUT2D eigenvalue weighted by atomic mass is 16.5. The third-order valence-corrected chi connectivity index (χ3v) is 4.39. The van der Waals surface area contributed by atoms with E-state index in [1.165, 1.54) is 0 Å². The number of aryl methyl sites for hydroxylation is 1. The smallest absolute Gasteiger partial charge is 0.267 e. The van der Waals surface area contributed by atoms with E-state index in [4.69, 9.17) is 4.74 Å². The van der Waals surface area contributed by atoms with Crippen molar-refractivity contribution in [3.63, 3.8) is 0 Å². The zero-order valence-electron chi connectivity index (χ0n) is 16.7. The molecule has 0 aliphatic heterocycles. The third kappa shape index (κ3) is 6.07. The van der Waals surface area contributed by atoms with E-state index in [0.29, 0.717) is 17.9 Å². The molecule has 154 valence electrons. The summed E-state index contributed by atoms with van der Waals surface area (Å²) < 4.78 is 7.06. The molecule has 0 saturated heterocycles. The zero-order chi connectivity index (χ0) is 21.2. The minimum atomic E-state index is -0.367. The van der Waals surface area contributed by atoms with E-state index in [1.807, 2.05) is 41.1 Å². The molecule has 0 atom stereocenters. The number of amides is 2. The number of hydrogen-bond donors (Lipinski definition) is 2. The van der Waals surface area contributed by atoms with Gasteiger partial charge in [-0.05, 0) is 42.3 Å². The fraction of sp³-hybridized carbons (Fsp3) is 0.174. The van der Waals surface area contributed by atoms with Crippen molar-refractivity contribution >= 4 is 17.9 Å². The fourth-order valence-electron chi connectivity index (χ4n) is 2.79. The maximum atomic E-state index is 12.7. The van der Waals surface area contributed by atoms with Crippen molar-refractivity contribution in [1.29, 1.82) is 0 Å². The minimum absolute atomic E-state index is 0.185. The first-order chi connectivity index (χ1) is 14.7. The summed E-state index contributed by atoms with van der Waals surface area (Å²) in [6.07, 6.45) is 7.73. The summed E-state index contributed by atoms with van der Waals surface area (Å²) in [6, 6.07) is 16.1. The van der Waals surface area contributed by atoms with Gasteiger partial charge in [0, 0.05) is 31.0 Å². The highest BCUT2D eigenvalue weighted by Gasteiger charge is 2.14. The van der Waals surface area contributed by atoms with Crippen molar-refractivity contribution in [2.75, 3.05) is 13.7 Å². The predicted molar refractivity (Wildman–Crippen MR) is 115 cm³/mol. The number of carbonyl (C=O) groups is 2. The number of benzene rings is 2. The summed E-state index contributed by atoms with van der Waals surface area (Å²) in [5, 5.41) is 5.59. The first-order valence-corrected chi connectivity index (χ1v) is 9.62. The molecule has 3 rings (SSSR count). The van der Waals surface area contributed by atoms with Gasteiger partial charge in [-0.1, -0.05) is 30.3 Å². The molecule has 7 heteroatoms. The van der Waals surface area contributed by atoms with Gasteiger partial charge in [-0.2, -0.15) is 0 Å². The Bertz CT molecular complexity index is 981. The SMILES string of the molecule is COc1ccc(C(=O)NC(=Cc2ccccc2)C(=O)NCCCn2ccnc2)cc1. The molecule has 3 aromatic rings. The van der Waals surface area contributed by atoms with Gasteiger partial charge < -0.3 is 19.9 Å². The molecule has 1 heterocycles. The highest BCUT2D eigenvalue weighted by molar-refractivity contribution is 6.05. The predicted octanol–water partition coefficient (Wildman–Crippen LogP) is 2.87. The van der Waals surface area contributed by atoms with Gasteiger partial charge in [0.15, 0.2) is 0 Å². The molecular weight excluding hydrogens is 380 g/mol. The van der Waals surface area contributed by atoms with Gasteiger partial charge >= 0.3 is 0 Å². The minimum Gasteiger partial charge on any atom is -0.497 e. The monoisotopic (exact) mass is 404 g/mol. The first kappa shape index (κ1) is 20.9. The van der Waals surface area contributed by atoms with Crippen molar-refractivity contribution in [2.24, 2.45) is 0 Å². The summed E-state index contributed by atoms with van der Waals surface area (Å²) in [5.41, 5.74) is 1.43. The van der Waals surface area contributed by atoms with Gasteiger partial charge in [0.25, 0.3) is 11.8 Å². The Morgan fingerprint density at radius 2 is 1.87 bits per heavy atom. The third-order valence-electron chi connectivity index (χ3n) is 4.39. The van der Waals surface area contributed by atoms with Crippen LogP contribution >= 0.6 is 0 Å². The summed E-state index contributed by atoms with van der Waals surface area (Å²) in [6.45, 7) is 1.22. The van der Waals surface area contributed by atoms with Gasteiger partial charge in [-0.3, -0.25) is 9.59 Å². The number of hydrogen-bond acceptors (Lipinski definition) is 4. The number of nitrogens with zero attached hydrogens (tertiary/aromatic N) is 2. The van der Waals surface area contributed by atoms with Crippen molar-refractivity contribution in [3.8, 4) is 5.75 Å². The Balaban J connectivity index is 1.67. The molecule has 1 aromatic heterocycles. The lowest BCUT2D eigenvalue weighted by molar-refractivity contribution is -0.117. The zero-order valence-corrected chi connectivity index (χ0v) is 16.7. The van der Waals surface area contributed by atoms with Crippen molar-refractivity contribution in [3.05, 3.63) is 90.1 Å². The Morgan fingerprint density at radius 1 is 1.10 bits per heavy atom. The van der Waals surface area contributed by atoms with E-state index >= 15 is 0 Å². The molecule has 7 nitrogen and oxygen atoms in total. The first-order valence-electron chi connectivity index (χ1n) is 9.62. The normalized spacial score (nSPS) is 11.0. The summed E-state index contributed by atoms with van der Waals surface area (Å²) in [5.74, 6) is -0.0537. The van der Waals surface area contributed by atoms with Crippen LogP contribution in [0, 0.1) is 0 Å². The highest BCUT2D eigenvalue weighted by Crippen LogP contribution is 2.12. The quantitative estimate of drug-likeness (QED) is 0.424. The van der Waals surface area contributed by atoms with E-state index in [1.54, 1.807) is 50.0 Å². The van der Waals surface area contributed by atoms with E-state index < -0.39 is 0 Å². The summed E-state index contributed by atoms with van der Waals surface area (Å²) in [7, 11) is 1.56. The average Bonchev–Trinajstić information content (AvgIpc) is 3.30. The molecule has 0 fully saturated rings. The van der Waals surface area contributed by atoms with E-state index in [-0.39, 0.29) is 17.5 Å².